The number of nitrogens with zero attached hydrogens (tertiary/aromatic N) is 1. The second-order valence-corrected chi connectivity index (χ2v) is 6.70. The summed E-state index contributed by atoms with van der Waals surface area (Å²) in [6.07, 6.45) is 5.71. The van der Waals surface area contributed by atoms with E-state index in [-0.39, 0.29) is 5.91 Å². The van der Waals surface area contributed by atoms with Gasteiger partial charge in [0.15, 0.2) is 0 Å². The van der Waals surface area contributed by atoms with Gasteiger partial charge in [0.25, 0.3) is 5.91 Å². The monoisotopic (exact) mass is 276 g/mol. The van der Waals surface area contributed by atoms with Crippen molar-refractivity contribution in [2.45, 2.75) is 32.2 Å². The predicted molar refractivity (Wildman–Crippen MR) is 73.0 cm³/mol. The minimum Gasteiger partial charge on any atom is -0.349 e. The van der Waals surface area contributed by atoms with E-state index in [1.807, 2.05) is 6.92 Å². The molecule has 3 aliphatic carbocycles. The number of halogens is 1. The van der Waals surface area contributed by atoms with E-state index in [9.17, 15) is 4.79 Å². The summed E-state index contributed by atoms with van der Waals surface area (Å²) in [6, 6.07) is 2.14. The molecule has 4 unspecified atom stereocenters. The molecular weight excluding hydrogens is 260 g/mol. The van der Waals surface area contributed by atoms with Crippen molar-refractivity contribution < 1.29 is 4.79 Å². The van der Waals surface area contributed by atoms with Gasteiger partial charge < -0.3 is 5.32 Å². The zero-order chi connectivity index (χ0) is 13.1. The molecule has 3 fully saturated rings. The number of rotatable bonds is 2. The van der Waals surface area contributed by atoms with E-state index in [2.05, 4.69) is 10.3 Å². The Morgan fingerprint density at radius 2 is 2.05 bits per heavy atom. The zero-order valence-corrected chi connectivity index (χ0v) is 11.7. The third-order valence-corrected chi connectivity index (χ3v) is 5.58. The summed E-state index contributed by atoms with van der Waals surface area (Å²) in [5.74, 6) is 3.18. The van der Waals surface area contributed by atoms with Crippen LogP contribution in [0.4, 0.5) is 0 Å². The van der Waals surface area contributed by atoms with Crippen LogP contribution < -0.4 is 5.32 Å². The first-order valence-electron chi connectivity index (χ1n) is 7.08. The standard InChI is InChI=1S/C15H17ClN2O/c1-7-4-11(16)10(6-17-7)15(19)18-14-12-8-2-3-9(5-8)13(12)14/h4,6,8-9,12-14H,2-3,5H2,1H3,(H,18,19). The molecule has 4 atom stereocenters. The second-order valence-electron chi connectivity index (χ2n) is 6.29. The zero-order valence-electron chi connectivity index (χ0n) is 10.9. The Hall–Kier alpha value is -1.09. The molecule has 2 bridgehead atoms. The van der Waals surface area contributed by atoms with Gasteiger partial charge in [0, 0.05) is 17.9 Å². The van der Waals surface area contributed by atoms with E-state index in [0.717, 1.165) is 29.4 Å². The van der Waals surface area contributed by atoms with Gasteiger partial charge >= 0.3 is 0 Å². The van der Waals surface area contributed by atoms with Crippen molar-refractivity contribution in [3.05, 3.63) is 28.5 Å². The summed E-state index contributed by atoms with van der Waals surface area (Å²) in [5, 5.41) is 3.67. The first-order chi connectivity index (χ1) is 9.15. The van der Waals surface area contributed by atoms with Gasteiger partial charge in [-0.2, -0.15) is 0 Å². The molecule has 3 nitrogen and oxygen atoms in total. The molecule has 3 saturated carbocycles. The number of aryl methyl sites for hydroxylation is 1. The number of fused-ring (bicyclic) bond motifs is 5. The highest BCUT2D eigenvalue weighted by Gasteiger charge is 2.65. The average molecular weight is 277 g/mol. The van der Waals surface area contributed by atoms with Crippen molar-refractivity contribution >= 4 is 17.5 Å². The molecule has 0 radical (unpaired) electrons. The molecule has 4 rings (SSSR count). The molecule has 1 amide bonds. The number of carbonyl (C=O) groups is 1. The van der Waals surface area contributed by atoms with Crippen LogP contribution >= 0.6 is 11.6 Å². The van der Waals surface area contributed by atoms with Crippen LogP contribution in [0.15, 0.2) is 12.3 Å². The number of hydrogen-bond acceptors (Lipinski definition) is 2. The summed E-state index contributed by atoms with van der Waals surface area (Å²) in [6.45, 7) is 1.87. The first-order valence-corrected chi connectivity index (χ1v) is 7.46. The van der Waals surface area contributed by atoms with Crippen molar-refractivity contribution in [3.63, 3.8) is 0 Å². The smallest absolute Gasteiger partial charge is 0.254 e. The molecule has 100 valence electrons. The highest BCUT2D eigenvalue weighted by Crippen LogP contribution is 2.65. The van der Waals surface area contributed by atoms with Gasteiger partial charge in [-0.05, 0) is 55.9 Å². The summed E-state index contributed by atoms with van der Waals surface area (Å²) < 4.78 is 0. The highest BCUT2D eigenvalue weighted by atomic mass is 35.5. The maximum atomic E-state index is 12.3. The quantitative estimate of drug-likeness (QED) is 0.902. The molecule has 4 heteroatoms. The predicted octanol–water partition coefficient (Wildman–Crippen LogP) is 2.82. The van der Waals surface area contributed by atoms with Crippen LogP contribution in [-0.4, -0.2) is 16.9 Å². The normalized spacial score (nSPS) is 38.1. The van der Waals surface area contributed by atoms with Crippen LogP contribution in [0.5, 0.6) is 0 Å². The van der Waals surface area contributed by atoms with Crippen LogP contribution in [0.2, 0.25) is 5.02 Å². The van der Waals surface area contributed by atoms with E-state index in [1.165, 1.54) is 19.3 Å². The largest absolute Gasteiger partial charge is 0.349 e. The van der Waals surface area contributed by atoms with Gasteiger partial charge in [0.2, 0.25) is 0 Å². The molecule has 1 heterocycles. The van der Waals surface area contributed by atoms with Crippen LogP contribution in [0.1, 0.15) is 35.3 Å². The SMILES string of the molecule is Cc1cc(Cl)c(C(=O)NC2C3C4CCC(C4)C23)cn1. The Balaban J connectivity index is 1.48. The minimum atomic E-state index is -0.0590. The fraction of sp³-hybridized carbons (Fsp3) is 0.600. The molecule has 0 spiro atoms. The summed E-state index contributed by atoms with van der Waals surface area (Å²) in [4.78, 5) is 16.4. The Morgan fingerprint density at radius 3 is 2.68 bits per heavy atom. The molecule has 19 heavy (non-hydrogen) atoms. The number of aromatic nitrogens is 1. The van der Waals surface area contributed by atoms with Crippen LogP contribution in [-0.2, 0) is 0 Å². The van der Waals surface area contributed by atoms with Crippen molar-refractivity contribution in [1.82, 2.24) is 10.3 Å². The van der Waals surface area contributed by atoms with Crippen LogP contribution in [0.3, 0.4) is 0 Å². The lowest BCUT2D eigenvalue weighted by Gasteiger charge is -2.11. The summed E-state index contributed by atoms with van der Waals surface area (Å²) in [7, 11) is 0. The van der Waals surface area contributed by atoms with E-state index >= 15 is 0 Å². The van der Waals surface area contributed by atoms with E-state index in [4.69, 9.17) is 11.6 Å². The third kappa shape index (κ3) is 1.71. The molecule has 0 aliphatic heterocycles. The number of amides is 1. The van der Waals surface area contributed by atoms with E-state index < -0.39 is 0 Å². The van der Waals surface area contributed by atoms with Crippen LogP contribution in [0, 0.1) is 30.6 Å². The highest BCUT2D eigenvalue weighted by molar-refractivity contribution is 6.33. The summed E-state index contributed by atoms with van der Waals surface area (Å²) in [5.41, 5.74) is 1.34. The van der Waals surface area contributed by atoms with Gasteiger partial charge in [0.05, 0.1) is 10.6 Å². The van der Waals surface area contributed by atoms with Gasteiger partial charge in [-0.1, -0.05) is 11.6 Å². The lowest BCUT2D eigenvalue weighted by molar-refractivity contribution is 0.0944. The fourth-order valence-corrected chi connectivity index (χ4v) is 4.73. The van der Waals surface area contributed by atoms with Crippen molar-refractivity contribution in [2.24, 2.45) is 23.7 Å². The minimum absolute atomic E-state index is 0.0590. The molecule has 3 aliphatic rings. The molecule has 0 saturated heterocycles. The Kier molecular flexibility index (Phi) is 2.44. The maximum absolute atomic E-state index is 12.3. The number of hydrogen-bond donors (Lipinski definition) is 1. The maximum Gasteiger partial charge on any atom is 0.254 e. The van der Waals surface area contributed by atoms with Gasteiger partial charge in [-0.15, -0.1) is 0 Å². The first kappa shape index (κ1) is 11.7. The lowest BCUT2D eigenvalue weighted by Crippen LogP contribution is -2.30. The topological polar surface area (TPSA) is 42.0 Å². The number of carbonyl (C=O) groups excluding carboxylic acids is 1. The third-order valence-electron chi connectivity index (χ3n) is 5.27. The van der Waals surface area contributed by atoms with Crippen molar-refractivity contribution in [1.29, 1.82) is 0 Å². The Morgan fingerprint density at radius 1 is 1.37 bits per heavy atom. The average Bonchev–Trinajstić information content (AvgIpc) is 2.78. The molecule has 1 aromatic heterocycles. The van der Waals surface area contributed by atoms with Crippen molar-refractivity contribution in [2.75, 3.05) is 0 Å². The molecule has 0 aromatic carbocycles. The van der Waals surface area contributed by atoms with Gasteiger partial charge in [0.1, 0.15) is 0 Å². The fourth-order valence-electron chi connectivity index (χ4n) is 4.44. The molecular formula is C15H17ClN2O. The Labute approximate surface area is 117 Å². The van der Waals surface area contributed by atoms with E-state index in [1.54, 1.807) is 12.3 Å². The molecule has 1 N–H and O–H groups in total. The van der Waals surface area contributed by atoms with E-state index in [0.29, 0.717) is 16.6 Å². The van der Waals surface area contributed by atoms with Crippen molar-refractivity contribution in [3.8, 4) is 0 Å². The number of nitrogens with one attached hydrogen (secondary N) is 1. The summed E-state index contributed by atoms with van der Waals surface area (Å²) >= 11 is 6.12. The van der Waals surface area contributed by atoms with Gasteiger partial charge in [-0.25, -0.2) is 0 Å². The van der Waals surface area contributed by atoms with Crippen LogP contribution in [0.25, 0.3) is 0 Å². The Bertz CT molecular complexity index is 543. The lowest BCUT2D eigenvalue weighted by atomic mass is 10.0. The van der Waals surface area contributed by atoms with Gasteiger partial charge in [-0.3, -0.25) is 9.78 Å². The number of pyridine rings is 1. The second kappa shape index (κ2) is 3.95. The molecule has 1 aromatic rings.